The zero-order valence-corrected chi connectivity index (χ0v) is 9.45. The minimum absolute atomic E-state index is 0.181. The van der Waals surface area contributed by atoms with Crippen LogP contribution >= 0.6 is 0 Å². The van der Waals surface area contributed by atoms with Crippen LogP contribution in [0.15, 0.2) is 0 Å². The van der Waals surface area contributed by atoms with Crippen molar-refractivity contribution in [3.63, 3.8) is 0 Å². The van der Waals surface area contributed by atoms with Crippen molar-refractivity contribution in [1.29, 1.82) is 0 Å². The van der Waals surface area contributed by atoms with Crippen LogP contribution in [0.2, 0.25) is 0 Å². The van der Waals surface area contributed by atoms with E-state index in [2.05, 4.69) is 0 Å². The van der Waals surface area contributed by atoms with Crippen LogP contribution in [0.3, 0.4) is 0 Å². The summed E-state index contributed by atoms with van der Waals surface area (Å²) in [6.45, 7) is 6.17. The van der Waals surface area contributed by atoms with Crippen molar-refractivity contribution in [2.45, 2.75) is 45.3 Å². The van der Waals surface area contributed by atoms with Gasteiger partial charge in [-0.15, -0.1) is 0 Å². The van der Waals surface area contributed by atoms with Crippen molar-refractivity contribution in [3.05, 3.63) is 0 Å². The molecule has 1 heterocycles. The summed E-state index contributed by atoms with van der Waals surface area (Å²) in [7, 11) is 0. The molecule has 0 N–H and O–H groups in total. The second-order valence-electron chi connectivity index (χ2n) is 5.34. The van der Waals surface area contributed by atoms with Crippen LogP contribution < -0.4 is 0 Å². The Balaban J connectivity index is 2.00. The Hall–Kier alpha value is -1.06. The van der Waals surface area contributed by atoms with E-state index in [-0.39, 0.29) is 17.9 Å². The number of Topliss-reactive ketones (excluding diaryl/α,β-unsaturated/α-hetero) is 1. The Labute approximate surface area is 89.6 Å². The van der Waals surface area contributed by atoms with Gasteiger partial charge in [0.1, 0.15) is 5.60 Å². The lowest BCUT2D eigenvalue weighted by atomic mass is 9.79. The van der Waals surface area contributed by atoms with Crippen LogP contribution in [0.25, 0.3) is 0 Å². The smallest absolute Gasteiger partial charge is 0.410 e. The number of ketones is 1. The van der Waals surface area contributed by atoms with E-state index in [0.717, 1.165) is 6.42 Å². The highest BCUT2D eigenvalue weighted by atomic mass is 16.6. The number of carbonyl (C=O) groups excluding carboxylic acids is 2. The van der Waals surface area contributed by atoms with Gasteiger partial charge in [0.15, 0.2) is 5.78 Å². The van der Waals surface area contributed by atoms with E-state index in [1.807, 2.05) is 20.8 Å². The number of fused-ring (bicyclic) bond motifs is 1. The van der Waals surface area contributed by atoms with Crippen LogP contribution in [0, 0.1) is 5.92 Å². The van der Waals surface area contributed by atoms with Gasteiger partial charge in [-0.3, -0.25) is 9.69 Å². The highest BCUT2D eigenvalue weighted by Crippen LogP contribution is 2.38. The van der Waals surface area contributed by atoms with Gasteiger partial charge in [-0.05, 0) is 33.1 Å². The van der Waals surface area contributed by atoms with Crippen molar-refractivity contribution in [2.75, 3.05) is 6.54 Å². The largest absolute Gasteiger partial charge is 0.444 e. The normalized spacial score (nSPS) is 29.8. The van der Waals surface area contributed by atoms with Crippen LogP contribution in [-0.2, 0) is 9.53 Å². The van der Waals surface area contributed by atoms with E-state index in [1.54, 1.807) is 4.90 Å². The molecule has 0 bridgehead atoms. The Morgan fingerprint density at radius 1 is 1.47 bits per heavy atom. The first-order chi connectivity index (χ1) is 6.88. The number of ether oxygens (including phenoxy) is 1. The summed E-state index contributed by atoms with van der Waals surface area (Å²) in [5.41, 5.74) is -0.484. The molecule has 1 amide bonds. The van der Waals surface area contributed by atoms with E-state index in [9.17, 15) is 9.59 Å². The molecule has 4 heteroatoms. The highest BCUT2D eigenvalue weighted by molar-refractivity contribution is 5.94. The summed E-state index contributed by atoms with van der Waals surface area (Å²) in [5.74, 6) is 0.577. The van der Waals surface area contributed by atoms with Gasteiger partial charge in [-0.25, -0.2) is 4.79 Å². The molecule has 1 aliphatic carbocycles. The van der Waals surface area contributed by atoms with E-state index in [1.165, 1.54) is 0 Å². The maximum absolute atomic E-state index is 11.7. The third-order valence-corrected chi connectivity index (χ3v) is 2.94. The van der Waals surface area contributed by atoms with Crippen LogP contribution in [0.1, 0.15) is 33.6 Å². The summed E-state index contributed by atoms with van der Waals surface area (Å²) in [5, 5.41) is 0. The summed E-state index contributed by atoms with van der Waals surface area (Å²) in [4.78, 5) is 24.7. The lowest BCUT2D eigenvalue weighted by Crippen LogP contribution is -2.51. The fourth-order valence-corrected chi connectivity index (χ4v) is 2.25. The third kappa shape index (κ3) is 1.85. The molecule has 2 atom stereocenters. The monoisotopic (exact) mass is 211 g/mol. The summed E-state index contributed by atoms with van der Waals surface area (Å²) < 4.78 is 5.26. The molecule has 84 valence electrons. The molecule has 0 unspecified atom stereocenters. The molecule has 0 aromatic carbocycles. The van der Waals surface area contributed by atoms with Crippen molar-refractivity contribution in [3.8, 4) is 0 Å². The van der Waals surface area contributed by atoms with Crippen molar-refractivity contribution < 1.29 is 14.3 Å². The molecule has 0 aromatic heterocycles. The van der Waals surface area contributed by atoms with Crippen molar-refractivity contribution in [1.82, 2.24) is 4.90 Å². The maximum atomic E-state index is 11.7. The van der Waals surface area contributed by atoms with Crippen LogP contribution in [0.5, 0.6) is 0 Å². The van der Waals surface area contributed by atoms with Gasteiger partial charge in [-0.1, -0.05) is 0 Å². The van der Waals surface area contributed by atoms with Crippen molar-refractivity contribution >= 4 is 11.9 Å². The number of rotatable bonds is 0. The first-order valence-electron chi connectivity index (χ1n) is 5.41. The number of hydrogen-bond donors (Lipinski definition) is 0. The number of amides is 1. The molecule has 0 spiro atoms. The molecule has 1 saturated carbocycles. The molecule has 1 aliphatic heterocycles. The standard InChI is InChI=1S/C11H17NO3/c1-11(2,3)15-10(14)12-5-4-7-6-8(13)9(7)12/h7,9H,4-6H2,1-3H3/t7-,9-/m0/s1. The zero-order chi connectivity index (χ0) is 11.2. The Morgan fingerprint density at radius 3 is 2.67 bits per heavy atom. The molecule has 0 aromatic rings. The molecule has 1 saturated heterocycles. The number of carbonyl (C=O) groups is 2. The zero-order valence-electron chi connectivity index (χ0n) is 9.45. The molecule has 15 heavy (non-hydrogen) atoms. The first-order valence-corrected chi connectivity index (χ1v) is 5.41. The minimum atomic E-state index is -0.484. The van der Waals surface area contributed by atoms with Gasteiger partial charge in [0.2, 0.25) is 0 Å². The molecule has 2 aliphatic rings. The fourth-order valence-electron chi connectivity index (χ4n) is 2.25. The number of hydrogen-bond acceptors (Lipinski definition) is 3. The number of likely N-dealkylation sites (tertiary alicyclic amines) is 1. The fraction of sp³-hybridized carbons (Fsp3) is 0.818. The molecular weight excluding hydrogens is 194 g/mol. The molecule has 4 nitrogen and oxygen atoms in total. The van der Waals surface area contributed by atoms with E-state index >= 15 is 0 Å². The first kappa shape index (κ1) is 10.5. The Morgan fingerprint density at radius 2 is 2.13 bits per heavy atom. The third-order valence-electron chi connectivity index (χ3n) is 2.94. The highest BCUT2D eigenvalue weighted by Gasteiger charge is 2.50. The topological polar surface area (TPSA) is 46.6 Å². The van der Waals surface area contributed by atoms with Crippen LogP contribution in [-0.4, -0.2) is 35.0 Å². The molecule has 0 radical (unpaired) electrons. The second-order valence-corrected chi connectivity index (χ2v) is 5.34. The quantitative estimate of drug-likeness (QED) is 0.611. The SMILES string of the molecule is CC(C)(C)OC(=O)N1CC[C@H]2CC(=O)[C@H]21. The number of nitrogens with zero attached hydrogens (tertiary/aromatic N) is 1. The van der Waals surface area contributed by atoms with E-state index in [4.69, 9.17) is 4.74 Å². The minimum Gasteiger partial charge on any atom is -0.444 e. The van der Waals surface area contributed by atoms with Gasteiger partial charge in [0.05, 0.1) is 6.04 Å². The van der Waals surface area contributed by atoms with Gasteiger partial charge in [0.25, 0.3) is 0 Å². The van der Waals surface area contributed by atoms with Gasteiger partial charge >= 0.3 is 6.09 Å². The second kappa shape index (κ2) is 3.22. The lowest BCUT2D eigenvalue weighted by Gasteiger charge is -2.35. The molecule has 2 rings (SSSR count). The summed E-state index contributed by atoms with van der Waals surface area (Å²) in [6, 6.07) is -0.181. The molecular formula is C11H17NO3. The maximum Gasteiger partial charge on any atom is 0.410 e. The van der Waals surface area contributed by atoms with Gasteiger partial charge in [0, 0.05) is 13.0 Å². The van der Waals surface area contributed by atoms with Gasteiger partial charge < -0.3 is 4.74 Å². The summed E-state index contributed by atoms with van der Waals surface area (Å²) >= 11 is 0. The lowest BCUT2D eigenvalue weighted by molar-refractivity contribution is -0.132. The van der Waals surface area contributed by atoms with Gasteiger partial charge in [-0.2, -0.15) is 0 Å². The van der Waals surface area contributed by atoms with Crippen LogP contribution in [0.4, 0.5) is 4.79 Å². The Bertz CT molecular complexity index is 305. The summed E-state index contributed by atoms with van der Waals surface area (Å²) in [6.07, 6.45) is 1.24. The predicted molar refractivity (Wildman–Crippen MR) is 54.5 cm³/mol. The molecule has 2 fully saturated rings. The van der Waals surface area contributed by atoms with E-state index in [0.29, 0.717) is 18.9 Å². The van der Waals surface area contributed by atoms with E-state index < -0.39 is 5.60 Å². The van der Waals surface area contributed by atoms with Crippen molar-refractivity contribution in [2.24, 2.45) is 5.92 Å². The predicted octanol–water partition coefficient (Wildman–Crippen LogP) is 1.58. The average molecular weight is 211 g/mol. The average Bonchev–Trinajstić information content (AvgIpc) is 2.38. The Kier molecular flexibility index (Phi) is 2.24.